The highest BCUT2D eigenvalue weighted by Crippen LogP contribution is 2.33. The highest BCUT2D eigenvalue weighted by Gasteiger charge is 2.31. The number of hydrogen-bond donors (Lipinski definition) is 0. The van der Waals surface area contributed by atoms with Crippen LogP contribution in [0.15, 0.2) is 42.0 Å². The van der Waals surface area contributed by atoms with E-state index >= 15 is 0 Å². The minimum absolute atomic E-state index is 0.194. The van der Waals surface area contributed by atoms with Crippen molar-refractivity contribution in [2.45, 2.75) is 65.1 Å². The molecular weight excluding hydrogens is 342 g/mol. The van der Waals surface area contributed by atoms with E-state index in [2.05, 4.69) is 0 Å². The van der Waals surface area contributed by atoms with E-state index in [0.717, 1.165) is 30.4 Å². The van der Waals surface area contributed by atoms with E-state index in [0.29, 0.717) is 6.54 Å². The molecule has 1 aliphatic carbocycles. The number of benzene rings is 1. The SMILES string of the molecule is COC(=O)[C@H]1CCC/C1=C/[C@H](C)N(Cc1ccccc1)C(=O)OC(C)(C)C. The van der Waals surface area contributed by atoms with Crippen LogP contribution in [0.4, 0.5) is 4.79 Å². The topological polar surface area (TPSA) is 55.8 Å². The molecule has 0 bridgehead atoms. The number of hydrogen-bond acceptors (Lipinski definition) is 4. The summed E-state index contributed by atoms with van der Waals surface area (Å²) in [6, 6.07) is 9.65. The van der Waals surface area contributed by atoms with Gasteiger partial charge in [-0.05, 0) is 52.5 Å². The van der Waals surface area contributed by atoms with E-state index in [1.165, 1.54) is 7.11 Å². The fraction of sp³-hybridized carbons (Fsp3) is 0.545. The van der Waals surface area contributed by atoms with Gasteiger partial charge in [-0.15, -0.1) is 0 Å². The lowest BCUT2D eigenvalue weighted by atomic mass is 10.0. The molecule has 0 saturated heterocycles. The molecule has 0 radical (unpaired) electrons. The number of rotatable bonds is 5. The third-order valence-corrected chi connectivity index (χ3v) is 4.66. The maximum absolute atomic E-state index is 12.8. The highest BCUT2D eigenvalue weighted by molar-refractivity contribution is 5.76. The van der Waals surface area contributed by atoms with Crippen molar-refractivity contribution in [1.29, 1.82) is 0 Å². The smallest absolute Gasteiger partial charge is 0.411 e. The van der Waals surface area contributed by atoms with E-state index in [1.54, 1.807) is 4.90 Å². The first-order valence-electron chi connectivity index (χ1n) is 9.53. The van der Waals surface area contributed by atoms with Crippen LogP contribution in [-0.4, -0.2) is 35.7 Å². The molecule has 148 valence electrons. The molecule has 0 aromatic heterocycles. The minimum atomic E-state index is -0.569. The molecule has 1 aromatic rings. The second-order valence-corrected chi connectivity index (χ2v) is 8.04. The van der Waals surface area contributed by atoms with Crippen molar-refractivity contribution in [3.05, 3.63) is 47.5 Å². The van der Waals surface area contributed by atoms with Crippen LogP contribution in [0.5, 0.6) is 0 Å². The van der Waals surface area contributed by atoms with Crippen LogP contribution in [0.2, 0.25) is 0 Å². The lowest BCUT2D eigenvalue weighted by Gasteiger charge is -2.31. The molecule has 0 N–H and O–H groups in total. The Hall–Kier alpha value is -2.30. The summed E-state index contributed by atoms with van der Waals surface area (Å²) < 4.78 is 10.5. The van der Waals surface area contributed by atoms with Gasteiger partial charge in [0.05, 0.1) is 19.1 Å². The number of nitrogens with zero attached hydrogens (tertiary/aromatic N) is 1. The van der Waals surface area contributed by atoms with Crippen LogP contribution in [0.3, 0.4) is 0 Å². The van der Waals surface area contributed by atoms with Gasteiger partial charge in [0.15, 0.2) is 0 Å². The fourth-order valence-corrected chi connectivity index (χ4v) is 3.36. The first kappa shape index (κ1) is 21.0. The highest BCUT2D eigenvalue weighted by atomic mass is 16.6. The summed E-state index contributed by atoms with van der Waals surface area (Å²) in [5.41, 5.74) is 1.52. The molecule has 0 unspecified atom stereocenters. The average molecular weight is 373 g/mol. The maximum atomic E-state index is 12.8. The monoisotopic (exact) mass is 373 g/mol. The fourth-order valence-electron chi connectivity index (χ4n) is 3.36. The summed E-state index contributed by atoms with van der Waals surface area (Å²) in [4.78, 5) is 26.6. The molecule has 1 aliphatic rings. The Morgan fingerprint density at radius 3 is 2.52 bits per heavy atom. The Labute approximate surface area is 162 Å². The Morgan fingerprint density at radius 1 is 1.26 bits per heavy atom. The summed E-state index contributed by atoms with van der Waals surface area (Å²) in [6.07, 6.45) is 4.29. The zero-order valence-electron chi connectivity index (χ0n) is 17.0. The number of esters is 1. The van der Waals surface area contributed by atoms with Crippen molar-refractivity contribution in [3.63, 3.8) is 0 Å². The van der Waals surface area contributed by atoms with Crippen molar-refractivity contribution < 1.29 is 19.1 Å². The van der Waals surface area contributed by atoms with Crippen molar-refractivity contribution in [1.82, 2.24) is 4.90 Å². The number of carbonyl (C=O) groups excluding carboxylic acids is 2. The van der Waals surface area contributed by atoms with Crippen LogP contribution in [0.1, 0.15) is 52.5 Å². The number of ether oxygens (including phenoxy) is 2. The number of carbonyl (C=O) groups is 2. The Bertz CT molecular complexity index is 675. The van der Waals surface area contributed by atoms with Gasteiger partial charge in [-0.1, -0.05) is 42.0 Å². The molecule has 1 saturated carbocycles. The Morgan fingerprint density at radius 2 is 1.93 bits per heavy atom. The van der Waals surface area contributed by atoms with Crippen molar-refractivity contribution in [2.24, 2.45) is 5.92 Å². The first-order valence-corrected chi connectivity index (χ1v) is 9.53. The number of amides is 1. The van der Waals surface area contributed by atoms with Crippen molar-refractivity contribution in [2.75, 3.05) is 7.11 Å². The van der Waals surface area contributed by atoms with E-state index in [1.807, 2.05) is 64.1 Å². The standard InChI is InChI=1S/C22H31NO4/c1-16(14-18-12-9-13-19(18)20(24)26-5)23(21(25)27-22(2,3)4)15-17-10-7-6-8-11-17/h6-8,10-11,14,16,19H,9,12-13,15H2,1-5H3/b18-14-/t16-,19-/m0/s1. The Balaban J connectivity index is 2.24. The molecule has 0 aliphatic heterocycles. The quantitative estimate of drug-likeness (QED) is 0.554. The molecule has 2 atom stereocenters. The molecular formula is C22H31NO4. The minimum Gasteiger partial charge on any atom is -0.469 e. The predicted molar refractivity (Wildman–Crippen MR) is 105 cm³/mol. The third kappa shape index (κ3) is 6.12. The second-order valence-electron chi connectivity index (χ2n) is 8.04. The van der Waals surface area contributed by atoms with Crippen LogP contribution in [0.25, 0.3) is 0 Å². The van der Waals surface area contributed by atoms with Crippen LogP contribution in [0, 0.1) is 5.92 Å². The van der Waals surface area contributed by atoms with Crippen molar-refractivity contribution in [3.8, 4) is 0 Å². The molecule has 27 heavy (non-hydrogen) atoms. The normalized spacial score (nSPS) is 19.6. The van der Waals surface area contributed by atoms with Gasteiger partial charge < -0.3 is 9.47 Å². The molecule has 0 heterocycles. The van der Waals surface area contributed by atoms with Gasteiger partial charge >= 0.3 is 12.1 Å². The molecule has 5 heteroatoms. The number of methoxy groups -OCH3 is 1. The van der Waals surface area contributed by atoms with Gasteiger partial charge in [-0.25, -0.2) is 4.79 Å². The summed E-state index contributed by atoms with van der Waals surface area (Å²) >= 11 is 0. The van der Waals surface area contributed by atoms with Crippen LogP contribution < -0.4 is 0 Å². The summed E-state index contributed by atoms with van der Waals surface area (Å²) in [5, 5.41) is 0. The summed E-state index contributed by atoms with van der Waals surface area (Å²) in [6.45, 7) is 7.99. The summed E-state index contributed by atoms with van der Waals surface area (Å²) in [7, 11) is 1.42. The van der Waals surface area contributed by atoms with E-state index in [-0.39, 0.29) is 24.0 Å². The average Bonchev–Trinajstić information content (AvgIpc) is 3.06. The van der Waals surface area contributed by atoms with E-state index < -0.39 is 5.60 Å². The molecule has 1 aromatic carbocycles. The van der Waals surface area contributed by atoms with E-state index in [4.69, 9.17) is 9.47 Å². The predicted octanol–water partition coefficient (Wildman–Crippen LogP) is 4.71. The zero-order chi connectivity index (χ0) is 20.0. The van der Waals surface area contributed by atoms with Gasteiger partial charge in [-0.2, -0.15) is 0 Å². The van der Waals surface area contributed by atoms with Crippen LogP contribution in [-0.2, 0) is 20.8 Å². The lowest BCUT2D eigenvalue weighted by molar-refractivity contribution is -0.143. The van der Waals surface area contributed by atoms with Gasteiger partial charge in [0.2, 0.25) is 0 Å². The second kappa shape index (κ2) is 9.07. The molecule has 0 spiro atoms. The molecule has 2 rings (SSSR count). The molecule has 1 fully saturated rings. The lowest BCUT2D eigenvalue weighted by Crippen LogP contribution is -2.41. The molecule has 5 nitrogen and oxygen atoms in total. The molecule has 1 amide bonds. The first-order chi connectivity index (χ1) is 12.7. The Kier molecular flexibility index (Phi) is 7.05. The van der Waals surface area contributed by atoms with Gasteiger partial charge in [0, 0.05) is 6.54 Å². The van der Waals surface area contributed by atoms with E-state index in [9.17, 15) is 9.59 Å². The third-order valence-electron chi connectivity index (χ3n) is 4.66. The van der Waals surface area contributed by atoms with Crippen LogP contribution >= 0.6 is 0 Å². The van der Waals surface area contributed by atoms with Gasteiger partial charge in [0.25, 0.3) is 0 Å². The van der Waals surface area contributed by atoms with Gasteiger partial charge in [0.1, 0.15) is 5.60 Å². The van der Waals surface area contributed by atoms with Crippen molar-refractivity contribution >= 4 is 12.1 Å². The summed E-state index contributed by atoms with van der Waals surface area (Å²) in [5.74, 6) is -0.396. The van der Waals surface area contributed by atoms with Gasteiger partial charge in [-0.3, -0.25) is 9.69 Å². The largest absolute Gasteiger partial charge is 0.469 e. The maximum Gasteiger partial charge on any atom is 0.411 e. The zero-order valence-corrected chi connectivity index (χ0v) is 17.0.